The smallest absolute Gasteiger partial charge is 0.233 e. The molecule has 2 heterocycles. The predicted octanol–water partition coefficient (Wildman–Crippen LogP) is 1.97. The summed E-state index contributed by atoms with van der Waals surface area (Å²) in [6.07, 6.45) is 5.13. The fourth-order valence-electron chi connectivity index (χ4n) is 3.15. The highest BCUT2D eigenvalue weighted by molar-refractivity contribution is 5.77. The minimum atomic E-state index is 0.0996. The van der Waals surface area contributed by atoms with Crippen molar-refractivity contribution in [3.8, 4) is 0 Å². The molecule has 0 aromatic carbocycles. The standard InChI is InChI=1S/C18H30N4O/c1-14(2)12-17(16-6-4-5-9-20-16)21-15-7-10-22(11-8-15)13-18(23)19-3/h4-6,9,14-15,17,21H,7-8,10-13H2,1-3H3,(H,19,23)/t17-/m1/s1. The molecule has 1 aromatic heterocycles. The fraction of sp³-hybridized carbons (Fsp3) is 0.667. The van der Waals surface area contributed by atoms with E-state index < -0.39 is 0 Å². The average Bonchev–Trinajstić information content (AvgIpc) is 2.56. The van der Waals surface area contributed by atoms with Gasteiger partial charge in [-0.2, -0.15) is 0 Å². The van der Waals surface area contributed by atoms with Gasteiger partial charge in [0.15, 0.2) is 0 Å². The predicted molar refractivity (Wildman–Crippen MR) is 93.1 cm³/mol. The second-order valence-electron chi connectivity index (χ2n) is 6.83. The van der Waals surface area contributed by atoms with E-state index in [1.807, 2.05) is 12.3 Å². The van der Waals surface area contributed by atoms with Crippen LogP contribution in [0.3, 0.4) is 0 Å². The molecule has 1 fully saturated rings. The van der Waals surface area contributed by atoms with E-state index in [4.69, 9.17) is 0 Å². The molecule has 1 saturated heterocycles. The van der Waals surface area contributed by atoms with Crippen LogP contribution in [0.2, 0.25) is 0 Å². The van der Waals surface area contributed by atoms with Gasteiger partial charge in [0, 0.05) is 38.4 Å². The van der Waals surface area contributed by atoms with Gasteiger partial charge >= 0.3 is 0 Å². The van der Waals surface area contributed by atoms with Crippen molar-refractivity contribution in [2.75, 3.05) is 26.7 Å². The van der Waals surface area contributed by atoms with E-state index in [9.17, 15) is 4.79 Å². The minimum absolute atomic E-state index is 0.0996. The third-order valence-electron chi connectivity index (χ3n) is 4.42. The van der Waals surface area contributed by atoms with Gasteiger partial charge in [-0.15, -0.1) is 0 Å². The first-order chi connectivity index (χ1) is 11.1. The molecule has 1 aliphatic heterocycles. The molecule has 128 valence electrons. The van der Waals surface area contributed by atoms with Crippen LogP contribution in [-0.4, -0.2) is 48.5 Å². The Morgan fingerprint density at radius 3 is 2.65 bits per heavy atom. The van der Waals surface area contributed by atoms with Crippen LogP contribution in [-0.2, 0) is 4.79 Å². The number of carbonyl (C=O) groups is 1. The largest absolute Gasteiger partial charge is 0.358 e. The topological polar surface area (TPSA) is 57.3 Å². The number of likely N-dealkylation sites (tertiary alicyclic amines) is 1. The number of hydrogen-bond donors (Lipinski definition) is 2. The lowest BCUT2D eigenvalue weighted by molar-refractivity contribution is -0.122. The van der Waals surface area contributed by atoms with E-state index in [-0.39, 0.29) is 5.91 Å². The molecule has 2 N–H and O–H groups in total. The third-order valence-corrected chi connectivity index (χ3v) is 4.42. The molecule has 5 heteroatoms. The Kier molecular flexibility index (Phi) is 6.99. The zero-order chi connectivity index (χ0) is 16.7. The molecule has 0 bridgehead atoms. The molecule has 1 atom stereocenters. The molecule has 1 aromatic rings. The zero-order valence-electron chi connectivity index (χ0n) is 14.6. The quantitative estimate of drug-likeness (QED) is 0.807. The van der Waals surface area contributed by atoms with Crippen molar-refractivity contribution in [1.29, 1.82) is 0 Å². The number of aromatic nitrogens is 1. The van der Waals surface area contributed by atoms with Crippen molar-refractivity contribution >= 4 is 5.91 Å². The molecule has 1 aliphatic rings. The normalized spacial score (nSPS) is 18.1. The number of piperidine rings is 1. The number of nitrogens with one attached hydrogen (secondary N) is 2. The van der Waals surface area contributed by atoms with E-state index in [0.717, 1.165) is 38.0 Å². The van der Waals surface area contributed by atoms with E-state index >= 15 is 0 Å². The van der Waals surface area contributed by atoms with Crippen LogP contribution in [0.1, 0.15) is 44.8 Å². The molecule has 5 nitrogen and oxygen atoms in total. The summed E-state index contributed by atoms with van der Waals surface area (Å²) in [6.45, 7) is 6.97. The summed E-state index contributed by atoms with van der Waals surface area (Å²) in [7, 11) is 1.69. The first-order valence-corrected chi connectivity index (χ1v) is 8.68. The molecule has 0 radical (unpaired) electrons. The lowest BCUT2D eigenvalue weighted by Gasteiger charge is -2.34. The third kappa shape index (κ3) is 5.92. The number of rotatable bonds is 7. The zero-order valence-corrected chi connectivity index (χ0v) is 14.6. The highest BCUT2D eigenvalue weighted by atomic mass is 16.1. The van der Waals surface area contributed by atoms with E-state index in [1.165, 1.54) is 0 Å². The van der Waals surface area contributed by atoms with Gasteiger partial charge in [0.2, 0.25) is 5.91 Å². The van der Waals surface area contributed by atoms with Crippen molar-refractivity contribution in [1.82, 2.24) is 20.5 Å². The summed E-state index contributed by atoms with van der Waals surface area (Å²) in [6, 6.07) is 6.95. The molecule has 2 rings (SSSR count). The van der Waals surface area contributed by atoms with Crippen molar-refractivity contribution < 1.29 is 4.79 Å². The van der Waals surface area contributed by atoms with Crippen LogP contribution in [0.15, 0.2) is 24.4 Å². The average molecular weight is 318 g/mol. The first-order valence-electron chi connectivity index (χ1n) is 8.68. The van der Waals surface area contributed by atoms with Gasteiger partial charge in [0.05, 0.1) is 12.2 Å². The highest BCUT2D eigenvalue weighted by Crippen LogP contribution is 2.22. The van der Waals surface area contributed by atoms with Crippen LogP contribution in [0.25, 0.3) is 0 Å². The minimum Gasteiger partial charge on any atom is -0.358 e. The SMILES string of the molecule is CNC(=O)CN1CCC(N[C@H](CC(C)C)c2ccccn2)CC1. The van der Waals surface area contributed by atoms with Crippen molar-refractivity contribution in [3.63, 3.8) is 0 Å². The monoisotopic (exact) mass is 318 g/mol. The van der Waals surface area contributed by atoms with Crippen LogP contribution in [0, 0.1) is 5.92 Å². The lowest BCUT2D eigenvalue weighted by atomic mass is 9.97. The number of pyridine rings is 1. The summed E-state index contributed by atoms with van der Waals surface area (Å²) in [4.78, 5) is 18.2. The van der Waals surface area contributed by atoms with Gasteiger partial charge in [0.1, 0.15) is 0 Å². The maximum atomic E-state index is 11.5. The summed E-state index contributed by atoms with van der Waals surface area (Å²) in [5, 5.41) is 6.50. The van der Waals surface area contributed by atoms with Crippen LogP contribution >= 0.6 is 0 Å². The molecule has 23 heavy (non-hydrogen) atoms. The number of nitrogens with zero attached hydrogens (tertiary/aromatic N) is 2. The molecule has 0 unspecified atom stereocenters. The van der Waals surface area contributed by atoms with Gasteiger partial charge in [0.25, 0.3) is 0 Å². The van der Waals surface area contributed by atoms with Crippen molar-refractivity contribution in [3.05, 3.63) is 30.1 Å². The van der Waals surface area contributed by atoms with Gasteiger partial charge in [-0.3, -0.25) is 14.7 Å². The van der Waals surface area contributed by atoms with E-state index in [2.05, 4.69) is 46.5 Å². The van der Waals surface area contributed by atoms with Crippen molar-refractivity contribution in [2.45, 2.75) is 45.2 Å². The molecule has 0 spiro atoms. The number of amides is 1. The van der Waals surface area contributed by atoms with Gasteiger partial charge in [-0.05, 0) is 37.3 Å². The summed E-state index contributed by atoms with van der Waals surface area (Å²) in [5.41, 5.74) is 1.13. The Labute approximate surface area is 139 Å². The number of likely N-dealkylation sites (N-methyl/N-ethyl adjacent to an activating group) is 1. The van der Waals surface area contributed by atoms with Crippen LogP contribution < -0.4 is 10.6 Å². The maximum Gasteiger partial charge on any atom is 0.233 e. The molecule has 1 amide bonds. The second-order valence-corrected chi connectivity index (χ2v) is 6.83. The Bertz CT molecular complexity index is 469. The van der Waals surface area contributed by atoms with Crippen LogP contribution in [0.4, 0.5) is 0 Å². The Balaban J connectivity index is 1.88. The lowest BCUT2D eigenvalue weighted by Crippen LogP contribution is -2.46. The summed E-state index contributed by atoms with van der Waals surface area (Å²) < 4.78 is 0. The van der Waals surface area contributed by atoms with E-state index in [0.29, 0.717) is 24.5 Å². The van der Waals surface area contributed by atoms with Crippen molar-refractivity contribution in [2.24, 2.45) is 5.92 Å². The molecule has 0 aliphatic carbocycles. The maximum absolute atomic E-state index is 11.5. The summed E-state index contributed by atoms with van der Waals surface area (Å²) in [5.74, 6) is 0.727. The Morgan fingerprint density at radius 1 is 1.35 bits per heavy atom. The molecule has 0 saturated carbocycles. The Hall–Kier alpha value is -1.46. The summed E-state index contributed by atoms with van der Waals surface area (Å²) >= 11 is 0. The van der Waals surface area contributed by atoms with Gasteiger partial charge in [-0.1, -0.05) is 19.9 Å². The van der Waals surface area contributed by atoms with Crippen LogP contribution in [0.5, 0.6) is 0 Å². The van der Waals surface area contributed by atoms with E-state index in [1.54, 1.807) is 7.05 Å². The number of hydrogen-bond acceptors (Lipinski definition) is 4. The number of carbonyl (C=O) groups excluding carboxylic acids is 1. The highest BCUT2D eigenvalue weighted by Gasteiger charge is 2.24. The second kappa shape index (κ2) is 8.99. The van der Waals surface area contributed by atoms with Gasteiger partial charge < -0.3 is 10.6 Å². The molecular weight excluding hydrogens is 288 g/mol. The first kappa shape index (κ1) is 17.9. The molecular formula is C18H30N4O. The fourth-order valence-corrected chi connectivity index (χ4v) is 3.15. The Morgan fingerprint density at radius 2 is 2.09 bits per heavy atom. The van der Waals surface area contributed by atoms with Gasteiger partial charge in [-0.25, -0.2) is 0 Å².